The molecule has 3 saturated carbocycles. The van der Waals surface area contributed by atoms with Gasteiger partial charge in [0.15, 0.2) is 17.2 Å². The molecule has 1 aromatic heterocycles. The molecule has 5 rings (SSSR count). The molecule has 0 bridgehead atoms. The van der Waals surface area contributed by atoms with Gasteiger partial charge in [-0.3, -0.25) is 9.59 Å². The molecular weight excluding hydrogens is 456 g/mol. The van der Waals surface area contributed by atoms with E-state index in [0.717, 1.165) is 18.4 Å². The van der Waals surface area contributed by atoms with Gasteiger partial charge in [0.2, 0.25) is 5.76 Å². The maximum absolute atomic E-state index is 13.5. The minimum Gasteiger partial charge on any atom is -0.457 e. The van der Waals surface area contributed by atoms with Crippen molar-refractivity contribution in [1.82, 2.24) is 0 Å². The Morgan fingerprint density at radius 1 is 1.32 bits per heavy atom. The highest BCUT2D eigenvalue weighted by Crippen LogP contribution is 2.69. The van der Waals surface area contributed by atoms with Crippen molar-refractivity contribution in [3.05, 3.63) is 48.0 Å². The van der Waals surface area contributed by atoms with E-state index in [0.29, 0.717) is 12.8 Å². The van der Waals surface area contributed by atoms with Crippen molar-refractivity contribution in [3.8, 4) is 0 Å². The Balaban J connectivity index is 1.57. The number of hydrogen-bond acceptors (Lipinski definition) is 6. The van der Waals surface area contributed by atoms with Gasteiger partial charge in [-0.1, -0.05) is 32.4 Å². The van der Waals surface area contributed by atoms with Crippen molar-refractivity contribution in [2.45, 2.75) is 58.2 Å². The monoisotopic (exact) mass is 486 g/mol. The second-order valence-corrected chi connectivity index (χ2v) is 11.3. The van der Waals surface area contributed by atoms with E-state index in [9.17, 15) is 19.5 Å². The highest BCUT2D eigenvalue weighted by atomic mass is 35.5. The van der Waals surface area contributed by atoms with Gasteiger partial charge in [-0.25, -0.2) is 4.79 Å². The predicted molar refractivity (Wildman–Crippen MR) is 125 cm³/mol. The lowest BCUT2D eigenvalue weighted by atomic mass is 9.46. The Bertz CT molecular complexity index is 1090. The van der Waals surface area contributed by atoms with Gasteiger partial charge in [0.25, 0.3) is 0 Å². The highest BCUT2D eigenvalue weighted by molar-refractivity contribution is 6.29. The van der Waals surface area contributed by atoms with Crippen molar-refractivity contribution in [3.63, 3.8) is 0 Å². The first-order valence-corrected chi connectivity index (χ1v) is 12.6. The van der Waals surface area contributed by atoms with Gasteiger partial charge in [0.05, 0.1) is 18.2 Å². The number of carbonyl (C=O) groups is 3. The average Bonchev–Trinajstić information content (AvgIpc) is 3.40. The Morgan fingerprint density at radius 3 is 2.76 bits per heavy atom. The van der Waals surface area contributed by atoms with E-state index in [2.05, 4.69) is 6.92 Å². The van der Waals surface area contributed by atoms with E-state index in [1.807, 2.05) is 19.9 Å². The zero-order chi connectivity index (χ0) is 24.5. The molecule has 0 aliphatic heterocycles. The first kappa shape index (κ1) is 23.6. The van der Waals surface area contributed by atoms with E-state index in [4.69, 9.17) is 20.8 Å². The molecule has 182 valence electrons. The molecule has 1 heterocycles. The first-order valence-electron chi connectivity index (χ1n) is 12.1. The molecule has 3 fully saturated rings. The van der Waals surface area contributed by atoms with Gasteiger partial charge in [-0.05, 0) is 61.8 Å². The smallest absolute Gasteiger partial charge is 0.375 e. The Labute approximate surface area is 204 Å². The van der Waals surface area contributed by atoms with Gasteiger partial charge >= 0.3 is 5.97 Å². The number of ketones is 2. The number of furan rings is 1. The van der Waals surface area contributed by atoms with Gasteiger partial charge in [-0.15, -0.1) is 11.6 Å². The maximum atomic E-state index is 13.5. The molecule has 4 aliphatic rings. The zero-order valence-corrected chi connectivity index (χ0v) is 20.5. The van der Waals surface area contributed by atoms with Crippen LogP contribution in [0.2, 0.25) is 0 Å². The summed E-state index contributed by atoms with van der Waals surface area (Å²) in [4.78, 5) is 38.6. The van der Waals surface area contributed by atoms with E-state index in [-0.39, 0.29) is 46.9 Å². The Kier molecular flexibility index (Phi) is 5.49. The van der Waals surface area contributed by atoms with Crippen LogP contribution in [0, 0.1) is 34.5 Å². The van der Waals surface area contributed by atoms with Crippen LogP contribution in [0.3, 0.4) is 0 Å². The molecule has 7 heteroatoms. The Morgan fingerprint density at radius 2 is 2.09 bits per heavy atom. The lowest BCUT2D eigenvalue weighted by Crippen LogP contribution is -2.64. The van der Waals surface area contributed by atoms with Gasteiger partial charge in [0.1, 0.15) is 0 Å². The summed E-state index contributed by atoms with van der Waals surface area (Å²) in [7, 11) is 0. The van der Waals surface area contributed by atoms with Crippen LogP contribution in [0.1, 0.15) is 57.0 Å². The number of carbonyl (C=O) groups excluding carboxylic acids is 3. The third-order valence-corrected chi connectivity index (χ3v) is 9.79. The molecule has 4 aliphatic carbocycles. The second-order valence-electron chi connectivity index (χ2n) is 11.0. The number of aliphatic hydroxyl groups excluding tert-OH is 1. The quantitative estimate of drug-likeness (QED) is 0.497. The number of rotatable bonds is 4. The summed E-state index contributed by atoms with van der Waals surface area (Å²) in [6, 6.07) is 3.11. The third kappa shape index (κ3) is 3.00. The number of allylic oxidation sites excluding steroid dienone is 4. The number of fused-ring (bicyclic) bond motifs is 5. The van der Waals surface area contributed by atoms with Crippen molar-refractivity contribution in [1.29, 1.82) is 0 Å². The van der Waals surface area contributed by atoms with Crippen LogP contribution >= 0.6 is 11.6 Å². The minimum atomic E-state index is -1.45. The molecule has 0 saturated heterocycles. The van der Waals surface area contributed by atoms with E-state index in [1.165, 1.54) is 12.3 Å². The summed E-state index contributed by atoms with van der Waals surface area (Å²) in [5, 5.41) is 11.6. The fourth-order valence-electron chi connectivity index (χ4n) is 8.20. The lowest BCUT2D eigenvalue weighted by molar-refractivity contribution is -0.181. The van der Waals surface area contributed by atoms with Crippen LogP contribution in [-0.4, -0.2) is 40.2 Å². The van der Waals surface area contributed by atoms with Gasteiger partial charge < -0.3 is 14.3 Å². The number of Topliss-reactive ketones (excluding diaryl/α,β-unsaturated/α-hetero) is 1. The predicted octanol–water partition coefficient (Wildman–Crippen LogP) is 4.51. The van der Waals surface area contributed by atoms with Crippen molar-refractivity contribution in [2.24, 2.45) is 34.5 Å². The molecule has 2 unspecified atom stereocenters. The molecule has 6 nitrogen and oxygen atoms in total. The van der Waals surface area contributed by atoms with Crippen molar-refractivity contribution < 1.29 is 28.6 Å². The van der Waals surface area contributed by atoms with Gasteiger partial charge in [0, 0.05) is 22.7 Å². The molecule has 8 atom stereocenters. The maximum Gasteiger partial charge on any atom is 0.375 e. The summed E-state index contributed by atoms with van der Waals surface area (Å²) in [6.45, 7) is 6.03. The van der Waals surface area contributed by atoms with Crippen LogP contribution in [0.5, 0.6) is 0 Å². The number of aliphatic hydroxyl groups is 1. The summed E-state index contributed by atoms with van der Waals surface area (Å²) < 4.78 is 11.4. The first-order chi connectivity index (χ1) is 16.1. The number of halogens is 1. The van der Waals surface area contributed by atoms with Crippen LogP contribution in [0.15, 0.2) is 46.6 Å². The molecule has 0 spiro atoms. The van der Waals surface area contributed by atoms with Crippen LogP contribution < -0.4 is 0 Å². The van der Waals surface area contributed by atoms with Crippen molar-refractivity contribution in [2.75, 3.05) is 5.88 Å². The Hall–Kier alpha value is -2.18. The molecule has 34 heavy (non-hydrogen) atoms. The van der Waals surface area contributed by atoms with E-state index < -0.39 is 28.5 Å². The number of esters is 1. The standard InChI is InChI=1S/C27H31ClO6/c1-15-11-19-18-7-6-16-12-17(29)8-9-25(16,2)23(18)20(30)13-26(19,3)27(15,22(31)14-28)34-24(32)21-5-4-10-33-21/h4-5,8-10,12,15,18-20,23,30H,6-7,11,13-14H2,1-3H3/t15?,18-,19-,20?,23+,25-,26-,27-/m0/s1. The largest absolute Gasteiger partial charge is 0.457 e. The van der Waals surface area contributed by atoms with Crippen LogP contribution in [0.25, 0.3) is 0 Å². The molecule has 1 N–H and O–H groups in total. The summed E-state index contributed by atoms with van der Waals surface area (Å²) in [5.74, 6) is -1.46. The average molecular weight is 487 g/mol. The van der Waals surface area contributed by atoms with Gasteiger partial charge in [-0.2, -0.15) is 0 Å². The SMILES string of the molecule is CC1C[C@H]2[C@@H]3CCC4=CC(=O)C=C[C@]4(C)[C@H]3C(O)C[C@]2(C)[C@@]1(OC(=O)c1ccco1)C(=O)CCl. The number of ether oxygens (including phenoxy) is 1. The molecule has 0 aromatic carbocycles. The minimum absolute atomic E-state index is 0.00730. The topological polar surface area (TPSA) is 93.8 Å². The zero-order valence-electron chi connectivity index (χ0n) is 19.8. The highest BCUT2D eigenvalue weighted by Gasteiger charge is 2.72. The molecule has 0 amide bonds. The summed E-state index contributed by atoms with van der Waals surface area (Å²) in [5.41, 5.74) is -1.58. The third-order valence-electron chi connectivity index (χ3n) is 9.55. The number of alkyl halides is 1. The number of hydrogen-bond donors (Lipinski definition) is 1. The molecular formula is C27H31ClO6. The molecule has 1 aromatic rings. The normalized spacial score (nSPS) is 42.9. The lowest BCUT2D eigenvalue weighted by Gasteiger charge is -2.60. The fourth-order valence-corrected chi connectivity index (χ4v) is 8.40. The van der Waals surface area contributed by atoms with E-state index >= 15 is 0 Å². The van der Waals surface area contributed by atoms with Crippen molar-refractivity contribution >= 4 is 29.1 Å². The summed E-state index contributed by atoms with van der Waals surface area (Å²) >= 11 is 6.11. The van der Waals surface area contributed by atoms with E-state index in [1.54, 1.807) is 18.2 Å². The molecule has 0 radical (unpaired) electrons. The van der Waals surface area contributed by atoms with Crippen LogP contribution in [0.4, 0.5) is 0 Å². The fraction of sp³-hybridized carbons (Fsp3) is 0.593. The van der Waals surface area contributed by atoms with Crippen LogP contribution in [-0.2, 0) is 14.3 Å². The second kappa shape index (κ2) is 7.92. The summed E-state index contributed by atoms with van der Waals surface area (Å²) in [6.07, 6.45) is 8.53.